The smallest absolute Gasteiger partial charge is 0.0307 e. The fourth-order valence-electron chi connectivity index (χ4n) is 1.58. The summed E-state index contributed by atoms with van der Waals surface area (Å²) in [6.45, 7) is 7.56. The molecule has 0 saturated carbocycles. The molecule has 0 aliphatic heterocycles. The van der Waals surface area contributed by atoms with Gasteiger partial charge in [0.15, 0.2) is 0 Å². The second-order valence-electron chi connectivity index (χ2n) is 4.88. The Balaban J connectivity index is 2.46. The predicted octanol–water partition coefficient (Wildman–Crippen LogP) is 2.73. The van der Waals surface area contributed by atoms with Crippen molar-refractivity contribution in [2.24, 2.45) is 5.73 Å². The van der Waals surface area contributed by atoms with Crippen LogP contribution >= 0.6 is 0 Å². The lowest BCUT2D eigenvalue weighted by molar-refractivity contribution is 0.263. The summed E-state index contributed by atoms with van der Waals surface area (Å²) in [6, 6.07) is 9.26. The molecule has 0 saturated heterocycles. The highest BCUT2D eigenvalue weighted by Crippen LogP contribution is 2.15. The van der Waals surface area contributed by atoms with Crippen LogP contribution in [0.5, 0.6) is 0 Å². The fraction of sp³-hybridized carbons (Fsp3) is 0.571. The summed E-state index contributed by atoms with van der Waals surface area (Å²) >= 11 is 0. The molecule has 1 rings (SSSR count). The molecule has 0 bridgehead atoms. The van der Waals surface area contributed by atoms with E-state index < -0.39 is 0 Å². The highest BCUT2D eigenvalue weighted by molar-refractivity contribution is 5.23. The fourth-order valence-corrected chi connectivity index (χ4v) is 1.58. The predicted molar refractivity (Wildman–Crippen MR) is 70.5 cm³/mol. The Morgan fingerprint density at radius 2 is 1.75 bits per heavy atom. The van der Waals surface area contributed by atoms with Gasteiger partial charge in [0.25, 0.3) is 0 Å². The zero-order valence-corrected chi connectivity index (χ0v) is 10.9. The molecule has 0 heterocycles. The third-order valence-corrected chi connectivity index (χ3v) is 3.18. The number of rotatable bonds is 5. The largest absolute Gasteiger partial charge is 0.324 e. The van der Waals surface area contributed by atoms with Crippen molar-refractivity contribution in [2.75, 3.05) is 13.6 Å². The van der Waals surface area contributed by atoms with Crippen molar-refractivity contribution in [2.45, 2.75) is 39.3 Å². The van der Waals surface area contributed by atoms with Crippen molar-refractivity contribution in [3.8, 4) is 0 Å². The van der Waals surface area contributed by atoms with Gasteiger partial charge in [0.2, 0.25) is 0 Å². The highest BCUT2D eigenvalue weighted by Gasteiger charge is 2.08. The molecule has 1 atom stereocenters. The number of nitrogens with two attached hydrogens (primary N) is 1. The van der Waals surface area contributed by atoms with Crippen LogP contribution < -0.4 is 5.73 Å². The first-order valence-electron chi connectivity index (χ1n) is 6.03. The third kappa shape index (κ3) is 3.95. The number of hydrogen-bond acceptors (Lipinski definition) is 2. The second-order valence-corrected chi connectivity index (χ2v) is 4.88. The van der Waals surface area contributed by atoms with Crippen LogP contribution in [-0.2, 0) is 0 Å². The molecule has 16 heavy (non-hydrogen) atoms. The lowest BCUT2D eigenvalue weighted by Gasteiger charge is -2.23. The van der Waals surface area contributed by atoms with Gasteiger partial charge in [-0.1, -0.05) is 29.8 Å². The van der Waals surface area contributed by atoms with Gasteiger partial charge in [-0.2, -0.15) is 0 Å². The molecular weight excluding hydrogens is 196 g/mol. The van der Waals surface area contributed by atoms with Crippen LogP contribution in [0.25, 0.3) is 0 Å². The highest BCUT2D eigenvalue weighted by atomic mass is 15.1. The van der Waals surface area contributed by atoms with Crippen LogP contribution in [0, 0.1) is 6.92 Å². The minimum atomic E-state index is 0.154. The second kappa shape index (κ2) is 6.02. The first-order chi connectivity index (χ1) is 7.50. The van der Waals surface area contributed by atoms with Crippen molar-refractivity contribution in [3.63, 3.8) is 0 Å². The topological polar surface area (TPSA) is 29.3 Å². The quantitative estimate of drug-likeness (QED) is 0.826. The van der Waals surface area contributed by atoms with Crippen molar-refractivity contribution >= 4 is 0 Å². The lowest BCUT2D eigenvalue weighted by atomic mass is 10.0. The van der Waals surface area contributed by atoms with Gasteiger partial charge in [0.05, 0.1) is 0 Å². The van der Waals surface area contributed by atoms with Crippen molar-refractivity contribution < 1.29 is 0 Å². The maximum atomic E-state index is 6.17. The average molecular weight is 220 g/mol. The molecule has 1 aromatic rings. The van der Waals surface area contributed by atoms with E-state index in [0.29, 0.717) is 6.04 Å². The Labute approximate surface area is 99.5 Å². The summed E-state index contributed by atoms with van der Waals surface area (Å²) in [7, 11) is 2.15. The molecule has 0 spiro atoms. The molecule has 1 unspecified atom stereocenters. The lowest BCUT2D eigenvalue weighted by Crippen LogP contribution is -2.29. The first kappa shape index (κ1) is 13.2. The summed E-state index contributed by atoms with van der Waals surface area (Å²) in [5.41, 5.74) is 8.69. The van der Waals surface area contributed by atoms with E-state index in [0.717, 1.165) is 13.0 Å². The molecule has 2 nitrogen and oxygen atoms in total. The summed E-state index contributed by atoms with van der Waals surface area (Å²) in [6.07, 6.45) is 1.01. The minimum Gasteiger partial charge on any atom is -0.324 e. The van der Waals surface area contributed by atoms with Crippen LogP contribution in [0.3, 0.4) is 0 Å². The van der Waals surface area contributed by atoms with Crippen LogP contribution in [0.2, 0.25) is 0 Å². The monoisotopic (exact) mass is 220 g/mol. The van der Waals surface area contributed by atoms with E-state index in [-0.39, 0.29) is 6.04 Å². The van der Waals surface area contributed by atoms with E-state index in [2.05, 4.69) is 57.0 Å². The molecule has 2 N–H and O–H groups in total. The summed E-state index contributed by atoms with van der Waals surface area (Å²) in [5, 5.41) is 0. The van der Waals surface area contributed by atoms with Crippen LogP contribution in [-0.4, -0.2) is 24.5 Å². The Kier molecular flexibility index (Phi) is 4.97. The molecule has 1 aromatic carbocycles. The molecule has 90 valence electrons. The average Bonchev–Trinajstić information content (AvgIpc) is 2.26. The Morgan fingerprint density at radius 3 is 2.25 bits per heavy atom. The number of hydrogen-bond donors (Lipinski definition) is 1. The Hall–Kier alpha value is -0.860. The summed E-state index contributed by atoms with van der Waals surface area (Å²) in [5.74, 6) is 0. The maximum absolute atomic E-state index is 6.17. The van der Waals surface area contributed by atoms with Crippen molar-refractivity contribution in [3.05, 3.63) is 35.4 Å². The molecule has 0 amide bonds. The zero-order valence-electron chi connectivity index (χ0n) is 10.9. The molecule has 0 fully saturated rings. The van der Waals surface area contributed by atoms with Crippen molar-refractivity contribution in [1.82, 2.24) is 4.90 Å². The Morgan fingerprint density at radius 1 is 1.19 bits per heavy atom. The van der Waals surface area contributed by atoms with E-state index in [1.165, 1.54) is 11.1 Å². The van der Waals surface area contributed by atoms with Gasteiger partial charge in [-0.05, 0) is 46.3 Å². The van der Waals surface area contributed by atoms with Crippen molar-refractivity contribution in [1.29, 1.82) is 0 Å². The van der Waals surface area contributed by atoms with Crippen LogP contribution in [0.1, 0.15) is 37.4 Å². The Bertz CT molecular complexity index is 303. The first-order valence-corrected chi connectivity index (χ1v) is 6.03. The van der Waals surface area contributed by atoms with Gasteiger partial charge in [0, 0.05) is 12.1 Å². The van der Waals surface area contributed by atoms with E-state index in [9.17, 15) is 0 Å². The molecule has 2 heteroatoms. The van der Waals surface area contributed by atoms with E-state index in [1.54, 1.807) is 0 Å². The van der Waals surface area contributed by atoms with Gasteiger partial charge in [-0.3, -0.25) is 0 Å². The standard InChI is InChI=1S/C14H24N2/c1-11(2)16(4)10-9-14(15)13-7-5-12(3)6-8-13/h5-8,11,14H,9-10,15H2,1-4H3. The van der Waals surface area contributed by atoms with Crippen LogP contribution in [0.15, 0.2) is 24.3 Å². The van der Waals surface area contributed by atoms with Gasteiger partial charge in [-0.15, -0.1) is 0 Å². The van der Waals surface area contributed by atoms with Crippen LogP contribution in [0.4, 0.5) is 0 Å². The molecule has 0 aliphatic carbocycles. The molecule has 0 radical (unpaired) electrons. The van der Waals surface area contributed by atoms with Gasteiger partial charge >= 0.3 is 0 Å². The summed E-state index contributed by atoms with van der Waals surface area (Å²) < 4.78 is 0. The number of benzene rings is 1. The van der Waals surface area contributed by atoms with Gasteiger partial charge in [-0.25, -0.2) is 0 Å². The maximum Gasteiger partial charge on any atom is 0.0307 e. The third-order valence-electron chi connectivity index (χ3n) is 3.18. The van der Waals surface area contributed by atoms with Gasteiger partial charge < -0.3 is 10.6 Å². The summed E-state index contributed by atoms with van der Waals surface area (Å²) in [4.78, 5) is 2.33. The van der Waals surface area contributed by atoms with E-state index in [4.69, 9.17) is 5.73 Å². The minimum absolute atomic E-state index is 0.154. The zero-order chi connectivity index (χ0) is 12.1. The SMILES string of the molecule is Cc1ccc(C(N)CCN(C)C(C)C)cc1. The van der Waals surface area contributed by atoms with E-state index in [1.807, 2.05) is 0 Å². The van der Waals surface area contributed by atoms with Gasteiger partial charge in [0.1, 0.15) is 0 Å². The number of nitrogens with zero attached hydrogens (tertiary/aromatic N) is 1. The van der Waals surface area contributed by atoms with E-state index >= 15 is 0 Å². The number of aryl methyl sites for hydroxylation is 1. The normalized spacial score (nSPS) is 13.4. The molecular formula is C14H24N2. The molecule has 0 aliphatic rings. The molecule has 0 aromatic heterocycles.